The Balaban J connectivity index is 0.00000220. The molecule has 2 rings (SSSR count). The lowest BCUT2D eigenvalue weighted by atomic mass is 9.85. The molecule has 118 valence electrons. The van der Waals surface area contributed by atoms with Crippen LogP contribution in [0, 0.1) is 5.92 Å². The van der Waals surface area contributed by atoms with Gasteiger partial charge in [-0.25, -0.2) is 0 Å². The van der Waals surface area contributed by atoms with Crippen LogP contribution in [0.3, 0.4) is 0 Å². The van der Waals surface area contributed by atoms with Crippen molar-refractivity contribution in [2.45, 2.75) is 51.1 Å². The Morgan fingerprint density at radius 1 is 1.48 bits per heavy atom. The second-order valence-electron chi connectivity index (χ2n) is 5.87. The summed E-state index contributed by atoms with van der Waals surface area (Å²) < 4.78 is 1.08. The van der Waals surface area contributed by atoms with Gasteiger partial charge in [0.1, 0.15) is 0 Å². The molecule has 1 amide bonds. The zero-order valence-corrected chi connectivity index (χ0v) is 14.8. The molecule has 1 aromatic rings. The molecular formula is C16H24BrClN2O. The van der Waals surface area contributed by atoms with Crippen molar-refractivity contribution in [3.8, 4) is 0 Å². The van der Waals surface area contributed by atoms with Crippen molar-refractivity contribution >= 4 is 34.2 Å². The summed E-state index contributed by atoms with van der Waals surface area (Å²) >= 11 is 3.47. The Kier molecular flexibility index (Phi) is 7.71. The van der Waals surface area contributed by atoms with E-state index in [1.165, 1.54) is 5.56 Å². The summed E-state index contributed by atoms with van der Waals surface area (Å²) in [6.07, 6.45) is 4.78. The van der Waals surface area contributed by atoms with E-state index in [-0.39, 0.29) is 36.3 Å². The summed E-state index contributed by atoms with van der Waals surface area (Å²) in [5.74, 6) is 0.270. The maximum atomic E-state index is 12.2. The van der Waals surface area contributed by atoms with Gasteiger partial charge in [-0.3, -0.25) is 4.79 Å². The van der Waals surface area contributed by atoms with Crippen LogP contribution in [0.15, 0.2) is 28.7 Å². The normalized spacial score (nSPS) is 23.0. The van der Waals surface area contributed by atoms with E-state index in [0.717, 1.165) is 36.6 Å². The molecule has 3 nitrogen and oxygen atoms in total. The molecule has 0 heterocycles. The number of hydrogen-bond acceptors (Lipinski definition) is 2. The molecule has 0 radical (unpaired) electrons. The third-order valence-corrected chi connectivity index (χ3v) is 4.40. The molecule has 0 bridgehead atoms. The van der Waals surface area contributed by atoms with E-state index >= 15 is 0 Å². The summed E-state index contributed by atoms with van der Waals surface area (Å²) in [7, 11) is 0. The number of hydrogen-bond donors (Lipinski definition) is 2. The fourth-order valence-corrected chi connectivity index (χ4v) is 3.34. The van der Waals surface area contributed by atoms with Crippen LogP contribution in [0.25, 0.3) is 0 Å². The fourth-order valence-electron chi connectivity index (χ4n) is 2.89. The van der Waals surface area contributed by atoms with E-state index in [9.17, 15) is 4.79 Å². The van der Waals surface area contributed by atoms with Crippen molar-refractivity contribution in [2.75, 3.05) is 0 Å². The SMILES string of the molecule is CC(Cc1cccc(Br)c1)NC(=O)C1CCCC(N)C1.Cl. The van der Waals surface area contributed by atoms with E-state index in [4.69, 9.17) is 5.73 Å². The quantitative estimate of drug-likeness (QED) is 0.847. The molecule has 3 unspecified atom stereocenters. The van der Waals surface area contributed by atoms with E-state index < -0.39 is 0 Å². The second-order valence-corrected chi connectivity index (χ2v) is 6.78. The van der Waals surface area contributed by atoms with E-state index in [1.54, 1.807) is 0 Å². The van der Waals surface area contributed by atoms with Crippen LogP contribution in [0.4, 0.5) is 0 Å². The standard InChI is InChI=1S/C16H23BrN2O.ClH/c1-11(8-12-4-2-6-14(17)9-12)19-16(20)13-5-3-7-15(18)10-13;/h2,4,6,9,11,13,15H,3,5,7-8,10,18H2,1H3,(H,19,20);1H. The van der Waals surface area contributed by atoms with Crippen molar-refractivity contribution in [1.82, 2.24) is 5.32 Å². The highest BCUT2D eigenvalue weighted by molar-refractivity contribution is 9.10. The minimum atomic E-state index is 0. The Morgan fingerprint density at radius 2 is 2.24 bits per heavy atom. The number of halogens is 2. The minimum Gasteiger partial charge on any atom is -0.353 e. The van der Waals surface area contributed by atoms with Gasteiger partial charge in [0.2, 0.25) is 5.91 Å². The van der Waals surface area contributed by atoms with Crippen molar-refractivity contribution < 1.29 is 4.79 Å². The summed E-state index contributed by atoms with van der Waals surface area (Å²) in [5, 5.41) is 3.13. The number of carbonyl (C=O) groups is 1. The van der Waals surface area contributed by atoms with Crippen molar-refractivity contribution in [1.29, 1.82) is 0 Å². The predicted molar refractivity (Wildman–Crippen MR) is 92.6 cm³/mol. The van der Waals surface area contributed by atoms with Crippen LogP contribution >= 0.6 is 28.3 Å². The molecule has 3 atom stereocenters. The number of carbonyl (C=O) groups excluding carboxylic acids is 1. The first kappa shape index (κ1) is 18.5. The molecule has 0 spiro atoms. The highest BCUT2D eigenvalue weighted by Gasteiger charge is 2.25. The van der Waals surface area contributed by atoms with Gasteiger partial charge in [-0.1, -0.05) is 34.5 Å². The lowest BCUT2D eigenvalue weighted by Gasteiger charge is -2.27. The average Bonchev–Trinajstić information content (AvgIpc) is 2.38. The maximum Gasteiger partial charge on any atom is 0.223 e. The molecule has 0 aliphatic heterocycles. The van der Waals surface area contributed by atoms with Gasteiger partial charge >= 0.3 is 0 Å². The van der Waals surface area contributed by atoms with Gasteiger partial charge in [-0.05, 0) is 50.3 Å². The molecular weight excluding hydrogens is 352 g/mol. The molecule has 21 heavy (non-hydrogen) atoms. The average molecular weight is 376 g/mol. The zero-order valence-electron chi connectivity index (χ0n) is 12.3. The molecule has 1 aliphatic rings. The van der Waals surface area contributed by atoms with Gasteiger partial charge < -0.3 is 11.1 Å². The number of nitrogens with one attached hydrogen (secondary N) is 1. The molecule has 1 saturated carbocycles. The Hall–Kier alpha value is -0.580. The highest BCUT2D eigenvalue weighted by Crippen LogP contribution is 2.23. The first-order chi connectivity index (χ1) is 9.54. The molecule has 3 N–H and O–H groups in total. The number of benzene rings is 1. The minimum absolute atomic E-state index is 0. The van der Waals surface area contributed by atoms with Crippen LogP contribution < -0.4 is 11.1 Å². The van der Waals surface area contributed by atoms with E-state index in [1.807, 2.05) is 12.1 Å². The summed E-state index contributed by atoms with van der Waals surface area (Å²) in [4.78, 5) is 12.2. The van der Waals surface area contributed by atoms with Crippen LogP contribution in [0.2, 0.25) is 0 Å². The maximum absolute atomic E-state index is 12.2. The number of rotatable bonds is 4. The molecule has 5 heteroatoms. The third kappa shape index (κ3) is 5.97. The van der Waals surface area contributed by atoms with Crippen molar-refractivity contribution in [3.63, 3.8) is 0 Å². The third-order valence-electron chi connectivity index (χ3n) is 3.91. The Labute approximate surface area is 141 Å². The topological polar surface area (TPSA) is 55.1 Å². The van der Waals surface area contributed by atoms with E-state index in [0.29, 0.717) is 0 Å². The Morgan fingerprint density at radius 3 is 2.90 bits per heavy atom. The van der Waals surface area contributed by atoms with Crippen LogP contribution in [-0.4, -0.2) is 18.0 Å². The van der Waals surface area contributed by atoms with Gasteiger partial charge in [0.05, 0.1) is 0 Å². The van der Waals surface area contributed by atoms with E-state index in [2.05, 4.69) is 40.3 Å². The lowest BCUT2D eigenvalue weighted by Crippen LogP contribution is -2.42. The van der Waals surface area contributed by atoms with Gasteiger partial charge in [0.25, 0.3) is 0 Å². The smallest absolute Gasteiger partial charge is 0.223 e. The van der Waals surface area contributed by atoms with Gasteiger partial charge in [-0.2, -0.15) is 0 Å². The first-order valence-corrected chi connectivity index (χ1v) is 8.14. The van der Waals surface area contributed by atoms with Crippen LogP contribution in [0.5, 0.6) is 0 Å². The highest BCUT2D eigenvalue weighted by atomic mass is 79.9. The van der Waals surface area contributed by atoms with Gasteiger partial charge in [-0.15, -0.1) is 12.4 Å². The number of amides is 1. The predicted octanol–water partition coefficient (Wildman–Crippen LogP) is 3.44. The second kappa shape index (κ2) is 8.76. The fraction of sp³-hybridized carbons (Fsp3) is 0.562. The van der Waals surface area contributed by atoms with Crippen LogP contribution in [0.1, 0.15) is 38.2 Å². The van der Waals surface area contributed by atoms with Gasteiger partial charge in [0.15, 0.2) is 0 Å². The lowest BCUT2D eigenvalue weighted by molar-refractivity contribution is -0.126. The van der Waals surface area contributed by atoms with Crippen molar-refractivity contribution in [3.05, 3.63) is 34.3 Å². The summed E-state index contributed by atoms with van der Waals surface area (Å²) in [5.41, 5.74) is 7.18. The largest absolute Gasteiger partial charge is 0.353 e. The van der Waals surface area contributed by atoms with Crippen molar-refractivity contribution in [2.24, 2.45) is 11.7 Å². The summed E-state index contributed by atoms with van der Waals surface area (Å²) in [6, 6.07) is 8.56. The monoisotopic (exact) mass is 374 g/mol. The molecule has 0 aromatic heterocycles. The van der Waals surface area contributed by atoms with Gasteiger partial charge in [0, 0.05) is 22.5 Å². The zero-order chi connectivity index (χ0) is 14.5. The molecule has 1 aromatic carbocycles. The molecule has 1 fully saturated rings. The molecule has 1 aliphatic carbocycles. The number of nitrogens with two attached hydrogens (primary N) is 1. The molecule has 0 saturated heterocycles. The van der Waals surface area contributed by atoms with Crippen LogP contribution in [-0.2, 0) is 11.2 Å². The summed E-state index contributed by atoms with van der Waals surface area (Å²) in [6.45, 7) is 2.06. The Bertz CT molecular complexity index is 469. The first-order valence-electron chi connectivity index (χ1n) is 7.35.